The molecule has 0 bridgehead atoms. The second kappa shape index (κ2) is 6.64. The molecule has 0 saturated heterocycles. The smallest absolute Gasteiger partial charge is 0.255 e. The first-order valence-corrected chi connectivity index (χ1v) is 7.43. The van der Waals surface area contributed by atoms with Gasteiger partial charge in [-0.1, -0.05) is 19.8 Å². The number of nitrogen functional groups attached to an aromatic ring is 1. The van der Waals surface area contributed by atoms with E-state index in [4.69, 9.17) is 10.5 Å². The summed E-state index contributed by atoms with van der Waals surface area (Å²) >= 11 is 0. The van der Waals surface area contributed by atoms with Gasteiger partial charge in [-0.2, -0.15) is 0 Å². The van der Waals surface area contributed by atoms with Crippen molar-refractivity contribution in [1.29, 1.82) is 0 Å². The molecule has 1 aromatic carbocycles. The molecule has 0 unspecified atom stereocenters. The number of hydrogen-bond donors (Lipinski definition) is 2. The average molecular weight is 276 g/mol. The van der Waals surface area contributed by atoms with Crippen LogP contribution in [0.5, 0.6) is 5.75 Å². The van der Waals surface area contributed by atoms with Crippen molar-refractivity contribution in [3.8, 4) is 5.75 Å². The number of carbonyl (C=O) groups excluding carboxylic acids is 1. The number of nitrogens with one attached hydrogen (secondary N) is 1. The van der Waals surface area contributed by atoms with Crippen molar-refractivity contribution in [2.24, 2.45) is 5.92 Å². The molecule has 4 heteroatoms. The molecular weight excluding hydrogens is 252 g/mol. The van der Waals surface area contributed by atoms with Crippen LogP contribution in [-0.4, -0.2) is 18.6 Å². The van der Waals surface area contributed by atoms with Gasteiger partial charge in [0.1, 0.15) is 5.75 Å². The van der Waals surface area contributed by atoms with Crippen LogP contribution in [0.1, 0.15) is 49.9 Å². The van der Waals surface area contributed by atoms with E-state index < -0.39 is 0 Å². The second-order valence-electron chi connectivity index (χ2n) is 5.63. The number of benzene rings is 1. The van der Waals surface area contributed by atoms with Gasteiger partial charge in [0.15, 0.2) is 0 Å². The molecule has 1 amide bonds. The van der Waals surface area contributed by atoms with E-state index in [1.165, 1.54) is 12.8 Å². The first kappa shape index (κ1) is 14.7. The number of hydrogen-bond acceptors (Lipinski definition) is 3. The summed E-state index contributed by atoms with van der Waals surface area (Å²) in [6.45, 7) is 4.68. The summed E-state index contributed by atoms with van der Waals surface area (Å²) in [6.07, 6.45) is 4.55. The quantitative estimate of drug-likeness (QED) is 0.831. The summed E-state index contributed by atoms with van der Waals surface area (Å²) in [5, 5.41) is 3.12. The Morgan fingerprint density at radius 2 is 2.25 bits per heavy atom. The lowest BCUT2D eigenvalue weighted by molar-refractivity contribution is 0.0917. The SMILES string of the molecule is CCOc1ccc(N)cc1C(=O)N[C@@H]1CCC[C@@H](C)C1. The highest BCUT2D eigenvalue weighted by molar-refractivity contribution is 5.98. The number of ether oxygens (including phenoxy) is 1. The molecule has 20 heavy (non-hydrogen) atoms. The number of rotatable bonds is 4. The van der Waals surface area contributed by atoms with Crippen molar-refractivity contribution in [2.75, 3.05) is 12.3 Å². The maximum absolute atomic E-state index is 12.4. The van der Waals surface area contributed by atoms with Crippen LogP contribution in [0.4, 0.5) is 5.69 Å². The van der Waals surface area contributed by atoms with E-state index in [2.05, 4.69) is 12.2 Å². The molecule has 1 aliphatic rings. The second-order valence-corrected chi connectivity index (χ2v) is 5.63. The fourth-order valence-electron chi connectivity index (χ4n) is 2.83. The Bertz CT molecular complexity index is 474. The molecule has 1 saturated carbocycles. The predicted octanol–water partition coefficient (Wildman–Crippen LogP) is 2.98. The molecule has 2 rings (SSSR count). The standard InChI is InChI=1S/C16H24N2O2/c1-3-20-15-8-7-12(17)10-14(15)16(19)18-13-6-4-5-11(2)9-13/h7-8,10-11,13H,3-6,9,17H2,1-2H3,(H,18,19)/t11-,13-/m1/s1. The Hall–Kier alpha value is -1.71. The van der Waals surface area contributed by atoms with Crippen molar-refractivity contribution in [2.45, 2.75) is 45.6 Å². The molecule has 0 radical (unpaired) electrons. The molecule has 4 nitrogen and oxygen atoms in total. The van der Waals surface area contributed by atoms with E-state index in [9.17, 15) is 4.79 Å². The summed E-state index contributed by atoms with van der Waals surface area (Å²) in [4.78, 5) is 12.4. The van der Waals surface area contributed by atoms with E-state index in [1.54, 1.807) is 18.2 Å². The number of carbonyl (C=O) groups is 1. The van der Waals surface area contributed by atoms with Gasteiger partial charge in [0.05, 0.1) is 12.2 Å². The molecule has 0 heterocycles. The summed E-state index contributed by atoms with van der Waals surface area (Å²) in [7, 11) is 0. The largest absolute Gasteiger partial charge is 0.493 e. The van der Waals surface area contributed by atoms with Crippen LogP contribution in [0.2, 0.25) is 0 Å². The van der Waals surface area contributed by atoms with Gasteiger partial charge in [0.2, 0.25) is 0 Å². The first-order chi connectivity index (χ1) is 9.60. The van der Waals surface area contributed by atoms with Crippen molar-refractivity contribution in [1.82, 2.24) is 5.32 Å². The highest BCUT2D eigenvalue weighted by Crippen LogP contribution is 2.25. The van der Waals surface area contributed by atoms with Crippen LogP contribution >= 0.6 is 0 Å². The number of nitrogens with two attached hydrogens (primary N) is 1. The van der Waals surface area contributed by atoms with Gasteiger partial charge in [0.25, 0.3) is 5.91 Å². The number of amides is 1. The Balaban J connectivity index is 2.09. The van der Waals surface area contributed by atoms with Crippen LogP contribution in [0.25, 0.3) is 0 Å². The van der Waals surface area contributed by atoms with Crippen LogP contribution in [0.15, 0.2) is 18.2 Å². The first-order valence-electron chi connectivity index (χ1n) is 7.43. The Morgan fingerprint density at radius 1 is 1.45 bits per heavy atom. The Morgan fingerprint density at radius 3 is 2.95 bits per heavy atom. The van der Waals surface area contributed by atoms with E-state index in [-0.39, 0.29) is 11.9 Å². The van der Waals surface area contributed by atoms with Crippen LogP contribution in [-0.2, 0) is 0 Å². The average Bonchev–Trinajstić information content (AvgIpc) is 2.41. The van der Waals surface area contributed by atoms with Crippen molar-refractivity contribution < 1.29 is 9.53 Å². The predicted molar refractivity (Wildman–Crippen MR) is 80.9 cm³/mol. The molecule has 110 valence electrons. The van der Waals surface area contributed by atoms with Gasteiger partial charge in [-0.05, 0) is 43.9 Å². The molecule has 1 aromatic rings. The molecule has 0 spiro atoms. The van der Waals surface area contributed by atoms with Crippen LogP contribution < -0.4 is 15.8 Å². The maximum atomic E-state index is 12.4. The molecule has 2 atom stereocenters. The monoisotopic (exact) mass is 276 g/mol. The molecule has 3 N–H and O–H groups in total. The third kappa shape index (κ3) is 3.65. The molecular formula is C16H24N2O2. The maximum Gasteiger partial charge on any atom is 0.255 e. The highest BCUT2D eigenvalue weighted by atomic mass is 16.5. The summed E-state index contributed by atoms with van der Waals surface area (Å²) in [5.74, 6) is 1.20. The van der Waals surface area contributed by atoms with E-state index >= 15 is 0 Å². The van der Waals surface area contributed by atoms with Gasteiger partial charge in [-0.3, -0.25) is 4.79 Å². The van der Waals surface area contributed by atoms with Crippen molar-refractivity contribution in [3.05, 3.63) is 23.8 Å². The zero-order chi connectivity index (χ0) is 14.5. The minimum absolute atomic E-state index is 0.0835. The zero-order valence-corrected chi connectivity index (χ0v) is 12.3. The molecule has 1 aliphatic carbocycles. The van der Waals surface area contributed by atoms with Gasteiger partial charge in [-0.25, -0.2) is 0 Å². The lowest BCUT2D eigenvalue weighted by Gasteiger charge is -2.27. The summed E-state index contributed by atoms with van der Waals surface area (Å²) in [6, 6.07) is 5.47. The zero-order valence-electron chi connectivity index (χ0n) is 12.3. The summed E-state index contributed by atoms with van der Waals surface area (Å²) < 4.78 is 5.51. The van der Waals surface area contributed by atoms with Gasteiger partial charge in [0, 0.05) is 11.7 Å². The highest BCUT2D eigenvalue weighted by Gasteiger charge is 2.22. The van der Waals surface area contributed by atoms with Gasteiger partial charge in [-0.15, -0.1) is 0 Å². The molecule has 1 fully saturated rings. The minimum atomic E-state index is -0.0835. The molecule has 0 aliphatic heterocycles. The van der Waals surface area contributed by atoms with Crippen LogP contribution in [0, 0.1) is 5.92 Å². The third-order valence-electron chi connectivity index (χ3n) is 3.82. The molecule has 0 aromatic heterocycles. The summed E-state index contributed by atoms with van der Waals surface area (Å²) in [5.41, 5.74) is 6.89. The van der Waals surface area contributed by atoms with Gasteiger partial charge >= 0.3 is 0 Å². The van der Waals surface area contributed by atoms with Crippen molar-refractivity contribution >= 4 is 11.6 Å². The number of anilines is 1. The van der Waals surface area contributed by atoms with Crippen molar-refractivity contribution in [3.63, 3.8) is 0 Å². The van der Waals surface area contributed by atoms with E-state index in [0.29, 0.717) is 29.5 Å². The minimum Gasteiger partial charge on any atom is -0.493 e. The lowest BCUT2D eigenvalue weighted by Crippen LogP contribution is -2.38. The van der Waals surface area contributed by atoms with E-state index in [1.807, 2.05) is 6.92 Å². The van der Waals surface area contributed by atoms with Crippen LogP contribution in [0.3, 0.4) is 0 Å². The fraction of sp³-hybridized carbons (Fsp3) is 0.562. The fourth-order valence-corrected chi connectivity index (χ4v) is 2.83. The van der Waals surface area contributed by atoms with E-state index in [0.717, 1.165) is 12.8 Å². The Labute approximate surface area is 120 Å². The third-order valence-corrected chi connectivity index (χ3v) is 3.82. The topological polar surface area (TPSA) is 64.3 Å². The normalized spacial score (nSPS) is 22.3. The lowest BCUT2D eigenvalue weighted by atomic mass is 9.87. The van der Waals surface area contributed by atoms with Gasteiger partial charge < -0.3 is 15.8 Å². The Kier molecular flexibility index (Phi) is 4.88.